The fourth-order valence-corrected chi connectivity index (χ4v) is 3.35. The van der Waals surface area contributed by atoms with E-state index in [9.17, 15) is 4.79 Å². The minimum atomic E-state index is 0.235. The number of hydrogen-bond donors (Lipinski definition) is 1. The number of carbonyl (C=O) groups is 1. The van der Waals surface area contributed by atoms with Gasteiger partial charge in [0.15, 0.2) is 0 Å². The molecule has 2 nitrogen and oxygen atoms in total. The number of carbonyl (C=O) groups excluding carboxylic acids is 1. The maximum Gasteiger partial charge on any atom is 0.223 e. The van der Waals surface area contributed by atoms with Gasteiger partial charge in [-0.2, -0.15) is 12.6 Å². The first-order valence-electron chi connectivity index (χ1n) is 7.18. The summed E-state index contributed by atoms with van der Waals surface area (Å²) in [4.78, 5) is 14.5. The van der Waals surface area contributed by atoms with E-state index in [1.54, 1.807) is 0 Å². The molecule has 1 aromatic rings. The quantitative estimate of drug-likeness (QED) is 0.841. The molecule has 1 saturated carbocycles. The van der Waals surface area contributed by atoms with Crippen molar-refractivity contribution < 1.29 is 4.79 Å². The molecule has 3 heteroatoms. The third-order valence-electron chi connectivity index (χ3n) is 4.59. The van der Waals surface area contributed by atoms with Crippen molar-refractivity contribution in [2.24, 2.45) is 5.41 Å². The highest BCUT2D eigenvalue weighted by atomic mass is 32.1. The van der Waals surface area contributed by atoms with E-state index in [0.717, 1.165) is 31.7 Å². The second kappa shape index (κ2) is 5.20. The van der Waals surface area contributed by atoms with E-state index in [1.807, 2.05) is 0 Å². The van der Waals surface area contributed by atoms with Crippen LogP contribution in [0.15, 0.2) is 24.3 Å². The normalized spacial score (nSPS) is 20.6. The van der Waals surface area contributed by atoms with Crippen LogP contribution in [0.3, 0.4) is 0 Å². The third kappa shape index (κ3) is 2.81. The Labute approximate surface area is 120 Å². The summed E-state index contributed by atoms with van der Waals surface area (Å²) in [6, 6.07) is 8.58. The van der Waals surface area contributed by atoms with Crippen LogP contribution in [0.5, 0.6) is 0 Å². The summed E-state index contributed by atoms with van der Waals surface area (Å²) in [5.41, 5.74) is 3.06. The van der Waals surface area contributed by atoms with E-state index in [1.165, 1.54) is 24.0 Å². The molecule has 2 aliphatic rings. The van der Waals surface area contributed by atoms with E-state index in [4.69, 9.17) is 0 Å². The predicted octanol–water partition coefficient (Wildman–Crippen LogP) is 2.71. The second-order valence-electron chi connectivity index (χ2n) is 5.98. The number of hydrogen-bond acceptors (Lipinski definition) is 2. The van der Waals surface area contributed by atoms with Gasteiger partial charge >= 0.3 is 0 Å². The van der Waals surface area contributed by atoms with Gasteiger partial charge in [-0.3, -0.25) is 4.79 Å². The molecule has 1 aliphatic carbocycles. The lowest BCUT2D eigenvalue weighted by atomic mass is 10.0. The maximum atomic E-state index is 12.4. The van der Waals surface area contributed by atoms with Crippen LogP contribution < -0.4 is 0 Å². The van der Waals surface area contributed by atoms with Crippen molar-refractivity contribution in [3.05, 3.63) is 35.4 Å². The zero-order chi connectivity index (χ0) is 13.3. The molecule has 0 radical (unpaired) electrons. The highest BCUT2D eigenvalue weighted by Gasteiger charge is 2.43. The minimum absolute atomic E-state index is 0.235. The fraction of sp³-hybridized carbons (Fsp3) is 0.562. The molecule has 0 spiro atoms. The van der Waals surface area contributed by atoms with Crippen molar-refractivity contribution in [3.63, 3.8) is 0 Å². The molecule has 1 aromatic carbocycles. The fourth-order valence-electron chi connectivity index (χ4n) is 2.92. The average molecular weight is 275 g/mol. The SMILES string of the molecule is O=C(CC1(CS)CC1)N1CCc2ccccc2CC1. The summed E-state index contributed by atoms with van der Waals surface area (Å²) in [6.07, 6.45) is 5.05. The number of fused-ring (bicyclic) bond motifs is 1. The van der Waals surface area contributed by atoms with Crippen molar-refractivity contribution >= 4 is 18.5 Å². The van der Waals surface area contributed by atoms with Crippen LogP contribution >= 0.6 is 12.6 Å². The van der Waals surface area contributed by atoms with Crippen molar-refractivity contribution in [3.8, 4) is 0 Å². The number of amides is 1. The van der Waals surface area contributed by atoms with Gasteiger partial charge in [-0.05, 0) is 48.0 Å². The van der Waals surface area contributed by atoms with Gasteiger partial charge in [0.05, 0.1) is 0 Å². The van der Waals surface area contributed by atoms with Crippen LogP contribution in [0, 0.1) is 5.41 Å². The van der Waals surface area contributed by atoms with Crippen LogP contribution in [-0.4, -0.2) is 29.6 Å². The molecule has 1 amide bonds. The summed E-state index contributed by atoms with van der Waals surface area (Å²) in [5.74, 6) is 1.19. The van der Waals surface area contributed by atoms with Gasteiger partial charge in [0, 0.05) is 19.5 Å². The molecule has 3 rings (SSSR count). The minimum Gasteiger partial charge on any atom is -0.342 e. The monoisotopic (exact) mass is 275 g/mol. The van der Waals surface area contributed by atoms with Crippen LogP contribution in [0.25, 0.3) is 0 Å². The summed E-state index contributed by atoms with van der Waals surface area (Å²) in [6.45, 7) is 1.75. The first-order valence-corrected chi connectivity index (χ1v) is 7.81. The molecule has 1 fully saturated rings. The Balaban J connectivity index is 1.64. The molecular weight excluding hydrogens is 254 g/mol. The van der Waals surface area contributed by atoms with Gasteiger partial charge in [0.1, 0.15) is 0 Å². The number of thiol groups is 1. The van der Waals surface area contributed by atoms with Crippen molar-refractivity contribution in [2.75, 3.05) is 18.8 Å². The number of benzene rings is 1. The van der Waals surface area contributed by atoms with Crippen molar-refractivity contribution in [2.45, 2.75) is 32.1 Å². The lowest BCUT2D eigenvalue weighted by molar-refractivity contribution is -0.132. The van der Waals surface area contributed by atoms with Gasteiger partial charge in [0.2, 0.25) is 5.91 Å². The highest BCUT2D eigenvalue weighted by molar-refractivity contribution is 7.80. The Kier molecular flexibility index (Phi) is 3.57. The molecular formula is C16H21NOS. The Hall–Kier alpha value is -0.960. The molecule has 102 valence electrons. The van der Waals surface area contributed by atoms with Gasteiger partial charge in [0.25, 0.3) is 0 Å². The van der Waals surface area contributed by atoms with Crippen LogP contribution in [0.2, 0.25) is 0 Å². The smallest absolute Gasteiger partial charge is 0.223 e. The number of rotatable bonds is 3. The first kappa shape index (κ1) is 13.0. The number of nitrogens with zero attached hydrogens (tertiary/aromatic N) is 1. The van der Waals surface area contributed by atoms with E-state index in [2.05, 4.69) is 41.8 Å². The molecule has 0 unspecified atom stereocenters. The maximum absolute atomic E-state index is 12.4. The Bertz CT molecular complexity index is 454. The lowest BCUT2D eigenvalue weighted by Gasteiger charge is -2.22. The third-order valence-corrected chi connectivity index (χ3v) is 5.26. The van der Waals surface area contributed by atoms with Gasteiger partial charge in [-0.15, -0.1) is 0 Å². The molecule has 0 saturated heterocycles. The highest BCUT2D eigenvalue weighted by Crippen LogP contribution is 2.49. The van der Waals surface area contributed by atoms with Crippen LogP contribution in [-0.2, 0) is 17.6 Å². The van der Waals surface area contributed by atoms with Crippen molar-refractivity contribution in [1.82, 2.24) is 4.90 Å². The van der Waals surface area contributed by atoms with Gasteiger partial charge in [-0.25, -0.2) is 0 Å². The average Bonchev–Trinajstić information content (AvgIpc) is 3.22. The summed E-state index contributed by atoms with van der Waals surface area (Å²) >= 11 is 4.39. The molecule has 1 aliphatic heterocycles. The molecule has 0 N–H and O–H groups in total. The predicted molar refractivity (Wildman–Crippen MR) is 80.6 cm³/mol. The molecule has 19 heavy (non-hydrogen) atoms. The zero-order valence-corrected chi connectivity index (χ0v) is 12.2. The first-order chi connectivity index (χ1) is 9.22. The zero-order valence-electron chi connectivity index (χ0n) is 11.3. The van der Waals surface area contributed by atoms with E-state index in [0.29, 0.717) is 12.3 Å². The summed E-state index contributed by atoms with van der Waals surface area (Å²) < 4.78 is 0. The Morgan fingerprint density at radius 1 is 1.16 bits per heavy atom. The molecule has 1 heterocycles. The molecule has 0 bridgehead atoms. The topological polar surface area (TPSA) is 20.3 Å². The Morgan fingerprint density at radius 2 is 1.74 bits per heavy atom. The molecule has 0 atom stereocenters. The van der Waals surface area contributed by atoms with E-state index >= 15 is 0 Å². The largest absolute Gasteiger partial charge is 0.342 e. The van der Waals surface area contributed by atoms with Gasteiger partial charge in [-0.1, -0.05) is 24.3 Å². The van der Waals surface area contributed by atoms with Crippen molar-refractivity contribution in [1.29, 1.82) is 0 Å². The van der Waals surface area contributed by atoms with Crippen LogP contribution in [0.4, 0.5) is 0 Å². The van der Waals surface area contributed by atoms with Crippen LogP contribution in [0.1, 0.15) is 30.4 Å². The van der Waals surface area contributed by atoms with E-state index < -0.39 is 0 Å². The summed E-state index contributed by atoms with van der Waals surface area (Å²) in [5, 5.41) is 0. The summed E-state index contributed by atoms with van der Waals surface area (Å²) in [7, 11) is 0. The standard InChI is InChI=1S/C16H21NOS/c18-15(11-16(12-19)7-8-16)17-9-5-13-3-1-2-4-14(13)6-10-17/h1-4,19H,5-12H2. The van der Waals surface area contributed by atoms with E-state index in [-0.39, 0.29) is 5.41 Å². The Morgan fingerprint density at radius 3 is 2.21 bits per heavy atom. The molecule has 0 aromatic heterocycles. The lowest BCUT2D eigenvalue weighted by Crippen LogP contribution is -2.35. The van der Waals surface area contributed by atoms with Gasteiger partial charge < -0.3 is 4.90 Å². The second-order valence-corrected chi connectivity index (χ2v) is 6.30.